The molecule has 5 nitrogen and oxygen atoms in total. The average Bonchev–Trinajstić information content (AvgIpc) is 2.46. The summed E-state index contributed by atoms with van der Waals surface area (Å²) in [6.07, 6.45) is 3.21. The molecule has 114 valence electrons. The summed E-state index contributed by atoms with van der Waals surface area (Å²) >= 11 is 0. The first kappa shape index (κ1) is 15.4. The second-order valence-corrected chi connectivity index (χ2v) is 5.53. The minimum absolute atomic E-state index is 0.0198. The molecule has 2 rings (SSSR count). The number of alkyl carbamates (subject to hydrolysis) is 1. The van der Waals surface area contributed by atoms with Crippen LogP contribution in [0.4, 0.5) is 4.79 Å². The van der Waals surface area contributed by atoms with E-state index in [9.17, 15) is 9.59 Å². The van der Waals surface area contributed by atoms with E-state index in [0.717, 1.165) is 24.8 Å². The third-order valence-electron chi connectivity index (χ3n) is 3.78. The highest BCUT2D eigenvalue weighted by Crippen LogP contribution is 2.26. The smallest absolute Gasteiger partial charge is 0.407 e. The third-order valence-corrected chi connectivity index (χ3v) is 3.78. The number of carboxylic acid groups (broad SMARTS) is 1. The maximum absolute atomic E-state index is 11.8. The molecule has 1 amide bonds. The van der Waals surface area contributed by atoms with E-state index in [-0.39, 0.29) is 25.0 Å². The van der Waals surface area contributed by atoms with Crippen LogP contribution >= 0.6 is 0 Å². The predicted molar refractivity (Wildman–Crippen MR) is 77.8 cm³/mol. The molecule has 1 aromatic carbocycles. The number of aliphatic carboxylic acids is 1. The molecule has 1 fully saturated rings. The van der Waals surface area contributed by atoms with Crippen molar-refractivity contribution in [3.05, 3.63) is 35.9 Å². The Hall–Kier alpha value is -2.04. The lowest BCUT2D eigenvalue weighted by Crippen LogP contribution is -2.39. The molecule has 0 heterocycles. The van der Waals surface area contributed by atoms with Crippen LogP contribution in [0, 0.1) is 5.92 Å². The maximum Gasteiger partial charge on any atom is 0.407 e. The van der Waals surface area contributed by atoms with Gasteiger partial charge in [-0.25, -0.2) is 4.79 Å². The number of ether oxygens (including phenoxy) is 1. The summed E-state index contributed by atoms with van der Waals surface area (Å²) in [5, 5.41) is 11.7. The lowest BCUT2D eigenvalue weighted by molar-refractivity contribution is -0.138. The van der Waals surface area contributed by atoms with Crippen LogP contribution in [0.25, 0.3) is 0 Å². The van der Waals surface area contributed by atoms with Gasteiger partial charge in [-0.1, -0.05) is 36.8 Å². The van der Waals surface area contributed by atoms with E-state index >= 15 is 0 Å². The zero-order chi connectivity index (χ0) is 15.1. The highest BCUT2D eigenvalue weighted by Gasteiger charge is 2.25. The molecule has 1 aliphatic carbocycles. The zero-order valence-corrected chi connectivity index (χ0v) is 12.0. The maximum atomic E-state index is 11.8. The van der Waals surface area contributed by atoms with Crippen LogP contribution in [0.2, 0.25) is 0 Å². The van der Waals surface area contributed by atoms with E-state index in [1.807, 2.05) is 30.3 Å². The van der Waals surface area contributed by atoms with Gasteiger partial charge in [0.25, 0.3) is 0 Å². The monoisotopic (exact) mass is 291 g/mol. The van der Waals surface area contributed by atoms with E-state index in [1.165, 1.54) is 0 Å². The van der Waals surface area contributed by atoms with Gasteiger partial charge in [0.15, 0.2) is 0 Å². The van der Waals surface area contributed by atoms with Crippen molar-refractivity contribution < 1.29 is 19.4 Å². The standard InChI is InChI=1S/C16H21NO4/c18-15(19)10-13-7-4-8-14(9-13)17-16(20)21-11-12-5-2-1-3-6-12/h1-3,5-6,13-14H,4,7-11H2,(H,17,20)(H,18,19)/t13-,14+/m1/s1. The van der Waals surface area contributed by atoms with E-state index in [0.29, 0.717) is 6.42 Å². The first-order chi connectivity index (χ1) is 10.1. The van der Waals surface area contributed by atoms with Crippen LogP contribution in [0.1, 0.15) is 37.7 Å². The Balaban J connectivity index is 1.73. The highest BCUT2D eigenvalue weighted by molar-refractivity contribution is 5.68. The Kier molecular flexibility index (Phi) is 5.60. The van der Waals surface area contributed by atoms with Gasteiger partial charge in [-0.15, -0.1) is 0 Å². The molecule has 2 atom stereocenters. The number of amides is 1. The number of rotatable bonds is 5. The summed E-state index contributed by atoms with van der Waals surface area (Å²) in [6.45, 7) is 0.248. The van der Waals surface area contributed by atoms with Gasteiger partial charge >= 0.3 is 12.1 Å². The van der Waals surface area contributed by atoms with E-state index in [1.54, 1.807) is 0 Å². The Bertz CT molecular complexity index is 474. The van der Waals surface area contributed by atoms with Gasteiger partial charge in [-0.2, -0.15) is 0 Å². The molecule has 1 saturated carbocycles. The fourth-order valence-electron chi connectivity index (χ4n) is 2.79. The van der Waals surface area contributed by atoms with Crippen LogP contribution in [-0.4, -0.2) is 23.2 Å². The SMILES string of the molecule is O=C(O)C[C@@H]1CCC[C@H](NC(=O)OCc2ccccc2)C1. The average molecular weight is 291 g/mol. The molecule has 0 radical (unpaired) electrons. The lowest BCUT2D eigenvalue weighted by atomic mass is 9.84. The molecule has 0 spiro atoms. The summed E-state index contributed by atoms with van der Waals surface area (Å²) in [5.41, 5.74) is 0.944. The summed E-state index contributed by atoms with van der Waals surface area (Å²) in [6, 6.07) is 9.52. The van der Waals surface area contributed by atoms with Crippen molar-refractivity contribution in [1.29, 1.82) is 0 Å². The van der Waals surface area contributed by atoms with Gasteiger partial charge in [0.1, 0.15) is 6.61 Å². The van der Waals surface area contributed by atoms with Gasteiger partial charge in [0.2, 0.25) is 0 Å². The summed E-state index contributed by atoms with van der Waals surface area (Å²) in [5.74, 6) is -0.622. The molecule has 1 aliphatic rings. The number of hydrogen-bond donors (Lipinski definition) is 2. The minimum atomic E-state index is -0.771. The number of carbonyl (C=O) groups excluding carboxylic acids is 1. The molecule has 0 aromatic heterocycles. The number of carbonyl (C=O) groups is 2. The fourth-order valence-corrected chi connectivity index (χ4v) is 2.79. The summed E-state index contributed by atoms with van der Waals surface area (Å²) in [4.78, 5) is 22.5. The normalized spacial score (nSPS) is 21.5. The van der Waals surface area contributed by atoms with E-state index in [2.05, 4.69) is 5.32 Å². The van der Waals surface area contributed by atoms with Crippen molar-refractivity contribution >= 4 is 12.1 Å². The van der Waals surface area contributed by atoms with E-state index < -0.39 is 12.1 Å². The Morgan fingerprint density at radius 2 is 2.00 bits per heavy atom. The van der Waals surface area contributed by atoms with Crippen LogP contribution in [0.5, 0.6) is 0 Å². The third kappa shape index (κ3) is 5.45. The molecule has 21 heavy (non-hydrogen) atoms. The van der Waals surface area contributed by atoms with Gasteiger partial charge in [-0.05, 0) is 30.7 Å². The number of nitrogens with one attached hydrogen (secondary N) is 1. The first-order valence-electron chi connectivity index (χ1n) is 7.32. The summed E-state index contributed by atoms with van der Waals surface area (Å²) in [7, 11) is 0. The molecular formula is C16H21NO4. The van der Waals surface area contributed by atoms with Crippen LogP contribution in [0.15, 0.2) is 30.3 Å². The van der Waals surface area contributed by atoms with Crippen molar-refractivity contribution in [3.8, 4) is 0 Å². The van der Waals surface area contributed by atoms with Crippen LogP contribution < -0.4 is 5.32 Å². The van der Waals surface area contributed by atoms with Crippen molar-refractivity contribution in [1.82, 2.24) is 5.32 Å². The van der Waals surface area contributed by atoms with Gasteiger partial charge in [-0.3, -0.25) is 4.79 Å². The molecule has 1 aromatic rings. The molecule has 2 N–H and O–H groups in total. The fraction of sp³-hybridized carbons (Fsp3) is 0.500. The molecule has 0 saturated heterocycles. The van der Waals surface area contributed by atoms with E-state index in [4.69, 9.17) is 9.84 Å². The second kappa shape index (κ2) is 7.67. The predicted octanol–water partition coefficient (Wildman–Crippen LogP) is 2.95. The number of carboxylic acids is 1. The summed E-state index contributed by atoms with van der Waals surface area (Å²) < 4.78 is 5.18. The van der Waals surface area contributed by atoms with Crippen molar-refractivity contribution in [2.75, 3.05) is 0 Å². The Morgan fingerprint density at radius 1 is 1.24 bits per heavy atom. The molecule has 0 aliphatic heterocycles. The first-order valence-corrected chi connectivity index (χ1v) is 7.32. The molecule has 0 bridgehead atoms. The Morgan fingerprint density at radius 3 is 2.71 bits per heavy atom. The molecule has 5 heteroatoms. The minimum Gasteiger partial charge on any atom is -0.481 e. The lowest BCUT2D eigenvalue weighted by Gasteiger charge is -2.28. The van der Waals surface area contributed by atoms with Crippen LogP contribution in [-0.2, 0) is 16.1 Å². The molecular weight excluding hydrogens is 270 g/mol. The molecule has 0 unspecified atom stereocenters. The van der Waals surface area contributed by atoms with Gasteiger partial charge in [0.05, 0.1) is 0 Å². The Labute approximate surface area is 124 Å². The topological polar surface area (TPSA) is 75.6 Å². The van der Waals surface area contributed by atoms with Crippen molar-refractivity contribution in [2.45, 2.75) is 44.8 Å². The van der Waals surface area contributed by atoms with Crippen molar-refractivity contribution in [3.63, 3.8) is 0 Å². The van der Waals surface area contributed by atoms with Crippen molar-refractivity contribution in [2.24, 2.45) is 5.92 Å². The van der Waals surface area contributed by atoms with Crippen LogP contribution in [0.3, 0.4) is 0 Å². The number of hydrogen-bond acceptors (Lipinski definition) is 3. The number of benzene rings is 1. The second-order valence-electron chi connectivity index (χ2n) is 5.53. The quantitative estimate of drug-likeness (QED) is 0.874. The van der Waals surface area contributed by atoms with Gasteiger partial charge < -0.3 is 15.2 Å². The highest BCUT2D eigenvalue weighted by atomic mass is 16.5. The van der Waals surface area contributed by atoms with Gasteiger partial charge in [0, 0.05) is 12.5 Å². The largest absolute Gasteiger partial charge is 0.481 e. The zero-order valence-electron chi connectivity index (χ0n) is 12.0.